The van der Waals surface area contributed by atoms with Gasteiger partial charge in [0.1, 0.15) is 5.75 Å². The van der Waals surface area contributed by atoms with Crippen LogP contribution in [0.15, 0.2) is 47.4 Å². The summed E-state index contributed by atoms with van der Waals surface area (Å²) in [7, 11) is -2.12. The molecule has 8 heteroatoms. The Morgan fingerprint density at radius 2 is 1.86 bits per heavy atom. The Labute approximate surface area is 176 Å². The summed E-state index contributed by atoms with van der Waals surface area (Å²) in [5.41, 5.74) is 1.23. The molecule has 1 aliphatic rings. The first-order chi connectivity index (χ1) is 13.9. The van der Waals surface area contributed by atoms with Crippen LogP contribution >= 0.6 is 11.6 Å². The Morgan fingerprint density at radius 1 is 1.14 bits per heavy atom. The van der Waals surface area contributed by atoms with Crippen LogP contribution in [0.5, 0.6) is 5.75 Å². The van der Waals surface area contributed by atoms with E-state index in [2.05, 4.69) is 5.32 Å². The highest BCUT2D eigenvalue weighted by Gasteiger charge is 2.27. The summed E-state index contributed by atoms with van der Waals surface area (Å²) in [6.45, 7) is 1.04. The number of rotatable bonds is 7. The molecule has 0 spiro atoms. The molecule has 1 aliphatic heterocycles. The van der Waals surface area contributed by atoms with Crippen molar-refractivity contribution in [1.29, 1.82) is 0 Å². The highest BCUT2D eigenvalue weighted by molar-refractivity contribution is 7.89. The molecular formula is C21H25ClN2O4S. The number of ether oxygens (including phenoxy) is 1. The predicted molar refractivity (Wildman–Crippen MR) is 114 cm³/mol. The Morgan fingerprint density at radius 3 is 2.55 bits per heavy atom. The van der Waals surface area contributed by atoms with Crippen molar-refractivity contribution in [3.63, 3.8) is 0 Å². The van der Waals surface area contributed by atoms with Crippen LogP contribution in [-0.2, 0) is 21.2 Å². The molecule has 0 atom stereocenters. The van der Waals surface area contributed by atoms with Crippen LogP contribution < -0.4 is 10.1 Å². The number of hydrogen-bond acceptors (Lipinski definition) is 4. The van der Waals surface area contributed by atoms with Crippen molar-refractivity contribution >= 4 is 33.2 Å². The van der Waals surface area contributed by atoms with E-state index in [1.165, 1.54) is 23.5 Å². The van der Waals surface area contributed by atoms with Gasteiger partial charge in [-0.25, -0.2) is 8.42 Å². The van der Waals surface area contributed by atoms with Crippen molar-refractivity contribution in [3.05, 3.63) is 53.1 Å². The van der Waals surface area contributed by atoms with E-state index in [0.717, 1.165) is 24.8 Å². The number of carbonyl (C=O) groups is 1. The molecule has 29 heavy (non-hydrogen) atoms. The number of anilines is 1. The topological polar surface area (TPSA) is 75.7 Å². The molecule has 156 valence electrons. The van der Waals surface area contributed by atoms with Crippen LogP contribution in [0, 0.1) is 0 Å². The zero-order valence-corrected chi connectivity index (χ0v) is 17.9. The first kappa shape index (κ1) is 21.6. The van der Waals surface area contributed by atoms with Crippen molar-refractivity contribution in [2.45, 2.75) is 37.0 Å². The average molecular weight is 437 g/mol. The van der Waals surface area contributed by atoms with Gasteiger partial charge in [0.15, 0.2) is 0 Å². The minimum Gasteiger partial charge on any atom is -0.495 e. The molecule has 0 saturated carbocycles. The summed E-state index contributed by atoms with van der Waals surface area (Å²) < 4.78 is 32.7. The van der Waals surface area contributed by atoms with Gasteiger partial charge < -0.3 is 10.1 Å². The molecule has 6 nitrogen and oxygen atoms in total. The monoisotopic (exact) mass is 436 g/mol. The number of piperidine rings is 1. The number of hydrogen-bond donors (Lipinski definition) is 1. The molecule has 1 N–H and O–H groups in total. The lowest BCUT2D eigenvalue weighted by atomic mass is 10.1. The fraction of sp³-hybridized carbons (Fsp3) is 0.381. The lowest BCUT2D eigenvalue weighted by Gasteiger charge is -2.26. The standard InChI is InChI=1S/C21H25ClN2O4S/c1-28-20-11-10-17(29(26,27)24-13-5-2-6-14-24)15-19(20)23-21(25)12-9-16-7-3-4-8-18(16)22/h3-4,7-8,10-11,15H,2,5-6,9,12-14H2,1H3,(H,23,25). The number of carbonyl (C=O) groups excluding carboxylic acids is 1. The first-order valence-electron chi connectivity index (χ1n) is 9.63. The molecule has 1 saturated heterocycles. The van der Waals surface area contributed by atoms with E-state index in [-0.39, 0.29) is 17.2 Å². The minimum atomic E-state index is -3.60. The van der Waals surface area contributed by atoms with E-state index in [1.807, 2.05) is 18.2 Å². The first-order valence-corrected chi connectivity index (χ1v) is 11.4. The van der Waals surface area contributed by atoms with E-state index in [1.54, 1.807) is 12.1 Å². The second-order valence-electron chi connectivity index (χ2n) is 6.97. The second-order valence-corrected chi connectivity index (χ2v) is 9.31. The number of benzene rings is 2. The van der Waals surface area contributed by atoms with Crippen LogP contribution in [-0.4, -0.2) is 38.8 Å². The average Bonchev–Trinajstić information content (AvgIpc) is 2.73. The van der Waals surface area contributed by atoms with Gasteiger partial charge >= 0.3 is 0 Å². The third-order valence-corrected chi connectivity index (χ3v) is 7.24. The van der Waals surface area contributed by atoms with Gasteiger partial charge in [-0.1, -0.05) is 36.2 Å². The van der Waals surface area contributed by atoms with E-state index >= 15 is 0 Å². The van der Waals surface area contributed by atoms with E-state index < -0.39 is 10.0 Å². The fourth-order valence-corrected chi connectivity index (χ4v) is 5.14. The second kappa shape index (κ2) is 9.61. The number of sulfonamides is 1. The summed E-state index contributed by atoms with van der Waals surface area (Å²) in [5, 5.41) is 3.39. The molecule has 1 fully saturated rings. The summed E-state index contributed by atoms with van der Waals surface area (Å²) in [4.78, 5) is 12.6. The van der Waals surface area contributed by atoms with Gasteiger partial charge in [0.25, 0.3) is 0 Å². The maximum atomic E-state index is 12.9. The highest BCUT2D eigenvalue weighted by Crippen LogP contribution is 2.30. The van der Waals surface area contributed by atoms with E-state index in [4.69, 9.17) is 16.3 Å². The lowest BCUT2D eigenvalue weighted by molar-refractivity contribution is -0.116. The molecule has 0 bridgehead atoms. The van der Waals surface area contributed by atoms with Crippen molar-refractivity contribution in [2.75, 3.05) is 25.5 Å². The fourth-order valence-electron chi connectivity index (χ4n) is 3.36. The molecule has 0 aromatic heterocycles. The number of nitrogens with zero attached hydrogens (tertiary/aromatic N) is 1. The van der Waals surface area contributed by atoms with Crippen LogP contribution in [0.2, 0.25) is 5.02 Å². The molecule has 0 unspecified atom stereocenters. The maximum Gasteiger partial charge on any atom is 0.243 e. The van der Waals surface area contributed by atoms with Gasteiger partial charge in [-0.15, -0.1) is 0 Å². The molecule has 2 aromatic rings. The van der Waals surface area contributed by atoms with Crippen LogP contribution in [0.25, 0.3) is 0 Å². The Kier molecular flexibility index (Phi) is 7.16. The van der Waals surface area contributed by atoms with Crippen molar-refractivity contribution < 1.29 is 17.9 Å². The normalized spacial score (nSPS) is 15.1. The third kappa shape index (κ3) is 5.29. The molecular weight excluding hydrogens is 412 g/mol. The predicted octanol–water partition coefficient (Wildman–Crippen LogP) is 4.09. The molecule has 2 aromatic carbocycles. The Hall–Kier alpha value is -2.09. The zero-order valence-electron chi connectivity index (χ0n) is 16.4. The highest BCUT2D eigenvalue weighted by atomic mass is 35.5. The maximum absolute atomic E-state index is 12.9. The summed E-state index contributed by atoms with van der Waals surface area (Å²) in [5.74, 6) is 0.171. The number of methoxy groups -OCH3 is 1. The quantitative estimate of drug-likeness (QED) is 0.709. The SMILES string of the molecule is COc1ccc(S(=O)(=O)N2CCCCC2)cc1NC(=O)CCc1ccccc1Cl. The van der Waals surface area contributed by atoms with Gasteiger partial charge in [-0.05, 0) is 49.1 Å². The van der Waals surface area contributed by atoms with Gasteiger partial charge in [0, 0.05) is 24.5 Å². The number of nitrogens with one attached hydrogen (secondary N) is 1. The molecule has 0 radical (unpaired) electrons. The number of halogens is 1. The van der Waals surface area contributed by atoms with E-state index in [0.29, 0.717) is 36.0 Å². The molecule has 0 aliphatic carbocycles. The lowest BCUT2D eigenvalue weighted by Crippen LogP contribution is -2.35. The van der Waals surface area contributed by atoms with Gasteiger partial charge in [0.2, 0.25) is 15.9 Å². The number of aryl methyl sites for hydroxylation is 1. The van der Waals surface area contributed by atoms with Crippen LogP contribution in [0.1, 0.15) is 31.2 Å². The summed E-state index contributed by atoms with van der Waals surface area (Å²) >= 11 is 6.14. The van der Waals surface area contributed by atoms with E-state index in [9.17, 15) is 13.2 Å². The number of amides is 1. The van der Waals surface area contributed by atoms with Gasteiger partial charge in [0.05, 0.1) is 17.7 Å². The van der Waals surface area contributed by atoms with Gasteiger partial charge in [-0.2, -0.15) is 4.31 Å². The smallest absolute Gasteiger partial charge is 0.243 e. The third-order valence-electron chi connectivity index (χ3n) is 4.98. The summed E-state index contributed by atoms with van der Waals surface area (Å²) in [6, 6.07) is 11.9. The molecule has 1 amide bonds. The van der Waals surface area contributed by atoms with Crippen molar-refractivity contribution in [2.24, 2.45) is 0 Å². The largest absolute Gasteiger partial charge is 0.495 e. The van der Waals surface area contributed by atoms with Crippen LogP contribution in [0.4, 0.5) is 5.69 Å². The summed E-state index contributed by atoms with van der Waals surface area (Å²) in [6.07, 6.45) is 3.47. The molecule has 1 heterocycles. The molecule has 3 rings (SSSR count). The van der Waals surface area contributed by atoms with Gasteiger partial charge in [-0.3, -0.25) is 4.79 Å². The van der Waals surface area contributed by atoms with Crippen LogP contribution in [0.3, 0.4) is 0 Å². The van der Waals surface area contributed by atoms with Crippen molar-refractivity contribution in [1.82, 2.24) is 4.31 Å². The van der Waals surface area contributed by atoms with Crippen molar-refractivity contribution in [3.8, 4) is 5.75 Å². The Balaban J connectivity index is 1.75. The minimum absolute atomic E-state index is 0.154. The Bertz CT molecular complexity index is 972. The zero-order chi connectivity index (χ0) is 20.9.